The first-order valence-electron chi connectivity index (χ1n) is 12.1. The average molecular weight is 476 g/mol. The molecule has 0 unspecified atom stereocenters. The molecular formula is C30H34ClNO2. The first-order valence-corrected chi connectivity index (χ1v) is 12.5. The van der Waals surface area contributed by atoms with Gasteiger partial charge >= 0.3 is 5.97 Å². The molecule has 0 aliphatic heterocycles. The van der Waals surface area contributed by atoms with Gasteiger partial charge in [-0.3, -0.25) is 4.79 Å². The molecule has 1 saturated carbocycles. The number of hydrogen-bond donors (Lipinski definition) is 0. The van der Waals surface area contributed by atoms with E-state index in [-0.39, 0.29) is 11.4 Å². The van der Waals surface area contributed by atoms with Gasteiger partial charge in [-0.05, 0) is 62.4 Å². The van der Waals surface area contributed by atoms with E-state index in [9.17, 15) is 4.79 Å². The second kappa shape index (κ2) is 10.2. The molecule has 3 aromatic carbocycles. The van der Waals surface area contributed by atoms with Crippen LogP contribution in [-0.2, 0) is 28.0 Å². The fraction of sp³-hybridized carbons (Fsp3) is 0.367. The molecule has 0 spiro atoms. The number of ether oxygens (including phenoxy) is 1. The highest BCUT2D eigenvalue weighted by Crippen LogP contribution is 2.48. The van der Waals surface area contributed by atoms with Gasteiger partial charge in [-0.2, -0.15) is 0 Å². The van der Waals surface area contributed by atoms with E-state index < -0.39 is 5.60 Å². The van der Waals surface area contributed by atoms with Crippen LogP contribution in [0.2, 0.25) is 5.02 Å². The summed E-state index contributed by atoms with van der Waals surface area (Å²) in [5, 5.41) is 0.724. The second-order valence-electron chi connectivity index (χ2n) is 10.4. The minimum atomic E-state index is -0.477. The molecular weight excluding hydrogens is 442 g/mol. The van der Waals surface area contributed by atoms with E-state index in [1.807, 2.05) is 39.0 Å². The quantitative estimate of drug-likeness (QED) is 0.312. The van der Waals surface area contributed by atoms with Crippen LogP contribution in [0, 0.1) is 0 Å². The summed E-state index contributed by atoms with van der Waals surface area (Å²) in [6, 6.07) is 27.2. The van der Waals surface area contributed by atoms with Crippen molar-refractivity contribution in [1.29, 1.82) is 0 Å². The summed E-state index contributed by atoms with van der Waals surface area (Å²) in [7, 11) is 0. The van der Waals surface area contributed by atoms with Crippen molar-refractivity contribution in [1.82, 2.24) is 0 Å². The van der Waals surface area contributed by atoms with Crippen LogP contribution >= 0.6 is 11.6 Å². The maximum atomic E-state index is 12.7. The zero-order valence-electron chi connectivity index (χ0n) is 20.4. The Balaban J connectivity index is 1.66. The molecule has 0 amide bonds. The molecule has 0 atom stereocenters. The first kappa shape index (κ1) is 24.3. The van der Waals surface area contributed by atoms with Crippen LogP contribution in [-0.4, -0.2) is 11.6 Å². The van der Waals surface area contributed by atoms with Crippen molar-refractivity contribution in [3.63, 3.8) is 0 Å². The Bertz CT molecular complexity index is 1060. The Morgan fingerprint density at radius 3 is 1.94 bits per heavy atom. The normalized spacial score (nSPS) is 14.8. The minimum Gasteiger partial charge on any atom is -0.460 e. The number of carbonyl (C=O) groups is 1. The lowest BCUT2D eigenvalue weighted by atomic mass is 9.62. The van der Waals surface area contributed by atoms with Gasteiger partial charge in [-0.25, -0.2) is 0 Å². The molecule has 0 N–H and O–H groups in total. The molecule has 4 heteroatoms. The van der Waals surface area contributed by atoms with Gasteiger partial charge in [0.15, 0.2) is 0 Å². The fourth-order valence-electron chi connectivity index (χ4n) is 4.74. The van der Waals surface area contributed by atoms with Gasteiger partial charge in [0.2, 0.25) is 0 Å². The summed E-state index contributed by atoms with van der Waals surface area (Å²) in [5.74, 6) is -0.130. The van der Waals surface area contributed by atoms with Crippen LogP contribution < -0.4 is 4.90 Å². The summed E-state index contributed by atoms with van der Waals surface area (Å²) >= 11 is 6.79. The average Bonchev–Trinajstić information content (AvgIpc) is 2.77. The largest absolute Gasteiger partial charge is 0.460 e. The SMILES string of the molecule is CC(C)(C)OC(=O)CC1(c2ccc(Cl)c(N(Cc3ccccc3)Cc3ccccc3)c2)CCC1. The predicted molar refractivity (Wildman–Crippen MR) is 140 cm³/mol. The number of halogens is 1. The zero-order valence-corrected chi connectivity index (χ0v) is 21.1. The number of hydrogen-bond acceptors (Lipinski definition) is 3. The molecule has 1 aliphatic carbocycles. The predicted octanol–water partition coefficient (Wildman–Crippen LogP) is 7.70. The first-order chi connectivity index (χ1) is 16.2. The topological polar surface area (TPSA) is 29.5 Å². The smallest absolute Gasteiger partial charge is 0.307 e. The van der Waals surface area contributed by atoms with Gasteiger partial charge in [0.25, 0.3) is 0 Å². The molecule has 4 rings (SSSR count). The molecule has 178 valence electrons. The van der Waals surface area contributed by atoms with Gasteiger partial charge in [0, 0.05) is 18.5 Å². The minimum absolute atomic E-state index is 0.130. The molecule has 0 saturated heterocycles. The van der Waals surface area contributed by atoms with Crippen molar-refractivity contribution >= 4 is 23.3 Å². The molecule has 0 aromatic heterocycles. The second-order valence-corrected chi connectivity index (χ2v) is 10.8. The van der Waals surface area contributed by atoms with Gasteiger partial charge in [0.05, 0.1) is 17.1 Å². The zero-order chi connectivity index (χ0) is 24.2. The van der Waals surface area contributed by atoms with E-state index in [0.717, 1.165) is 43.1 Å². The molecule has 3 aromatic rings. The van der Waals surface area contributed by atoms with Crippen LogP contribution in [0.4, 0.5) is 5.69 Å². The maximum Gasteiger partial charge on any atom is 0.307 e. The summed E-state index contributed by atoms with van der Waals surface area (Å²) in [4.78, 5) is 15.1. The van der Waals surface area contributed by atoms with E-state index in [2.05, 4.69) is 65.6 Å². The highest BCUT2D eigenvalue weighted by atomic mass is 35.5. The fourth-order valence-corrected chi connectivity index (χ4v) is 4.98. The van der Waals surface area contributed by atoms with Crippen molar-refractivity contribution in [2.75, 3.05) is 4.90 Å². The standard InChI is InChI=1S/C30H34ClNO2/c1-29(2,3)34-28(33)20-30(17-10-18-30)25-15-16-26(31)27(19-25)32(21-23-11-6-4-7-12-23)22-24-13-8-5-9-14-24/h4-9,11-16,19H,10,17-18,20-22H2,1-3H3. The van der Waals surface area contributed by atoms with Crippen molar-refractivity contribution in [2.24, 2.45) is 0 Å². The number of benzene rings is 3. The van der Waals surface area contributed by atoms with E-state index in [0.29, 0.717) is 6.42 Å². The highest BCUT2D eigenvalue weighted by molar-refractivity contribution is 6.33. The highest BCUT2D eigenvalue weighted by Gasteiger charge is 2.42. The molecule has 0 bridgehead atoms. The molecule has 3 nitrogen and oxygen atoms in total. The molecule has 1 aliphatic rings. The number of esters is 1. The van der Waals surface area contributed by atoms with Gasteiger partial charge < -0.3 is 9.64 Å². The van der Waals surface area contributed by atoms with E-state index in [1.54, 1.807) is 0 Å². The lowest BCUT2D eigenvalue weighted by Gasteiger charge is -2.43. The number of nitrogens with zero attached hydrogens (tertiary/aromatic N) is 1. The van der Waals surface area contributed by atoms with E-state index in [4.69, 9.17) is 16.3 Å². The molecule has 34 heavy (non-hydrogen) atoms. The third-order valence-electron chi connectivity index (χ3n) is 6.55. The number of carbonyl (C=O) groups excluding carboxylic acids is 1. The van der Waals surface area contributed by atoms with Crippen LogP contribution in [0.3, 0.4) is 0 Å². The lowest BCUT2D eigenvalue weighted by Crippen LogP contribution is -2.39. The summed E-state index contributed by atoms with van der Waals surface area (Å²) in [5.41, 5.74) is 3.99. The lowest BCUT2D eigenvalue weighted by molar-refractivity contribution is -0.157. The third kappa shape index (κ3) is 6.01. The summed E-state index contributed by atoms with van der Waals surface area (Å²) in [6.07, 6.45) is 3.51. The Kier molecular flexibility index (Phi) is 7.33. The summed E-state index contributed by atoms with van der Waals surface area (Å²) in [6.45, 7) is 7.26. The van der Waals surface area contributed by atoms with E-state index >= 15 is 0 Å². The van der Waals surface area contributed by atoms with Crippen molar-refractivity contribution in [3.8, 4) is 0 Å². The van der Waals surface area contributed by atoms with Crippen LogP contribution in [0.25, 0.3) is 0 Å². The van der Waals surface area contributed by atoms with Crippen molar-refractivity contribution in [2.45, 2.75) is 70.6 Å². The van der Waals surface area contributed by atoms with Crippen LogP contribution in [0.15, 0.2) is 78.9 Å². The molecule has 0 radical (unpaired) electrons. The Labute approximate surface area is 208 Å². The number of rotatable bonds is 8. The summed E-state index contributed by atoms with van der Waals surface area (Å²) < 4.78 is 5.67. The van der Waals surface area contributed by atoms with Crippen molar-refractivity contribution in [3.05, 3.63) is 101 Å². The van der Waals surface area contributed by atoms with Crippen LogP contribution in [0.1, 0.15) is 63.1 Å². The third-order valence-corrected chi connectivity index (χ3v) is 6.86. The van der Waals surface area contributed by atoms with Gasteiger partial charge in [-0.15, -0.1) is 0 Å². The van der Waals surface area contributed by atoms with Gasteiger partial charge in [-0.1, -0.05) is 84.8 Å². The Hall–Kier alpha value is -2.78. The van der Waals surface area contributed by atoms with Gasteiger partial charge in [0.1, 0.15) is 5.60 Å². The maximum absolute atomic E-state index is 12.7. The Morgan fingerprint density at radius 1 is 0.912 bits per heavy atom. The molecule has 0 heterocycles. The van der Waals surface area contributed by atoms with Crippen LogP contribution in [0.5, 0.6) is 0 Å². The Morgan fingerprint density at radius 2 is 1.47 bits per heavy atom. The molecule has 1 fully saturated rings. The monoisotopic (exact) mass is 475 g/mol. The number of anilines is 1. The van der Waals surface area contributed by atoms with Crippen molar-refractivity contribution < 1.29 is 9.53 Å². The van der Waals surface area contributed by atoms with E-state index in [1.165, 1.54) is 16.7 Å².